The Kier molecular flexibility index (Phi) is 9.36. The number of para-hydroxylation sites is 2. The number of anilines is 3. The first-order valence-electron chi connectivity index (χ1n) is 13.2. The molecule has 10 heteroatoms. The number of benzene rings is 3. The van der Waals surface area contributed by atoms with Crippen molar-refractivity contribution in [3.05, 3.63) is 90.0 Å². The molecule has 0 aromatic heterocycles. The summed E-state index contributed by atoms with van der Waals surface area (Å²) in [6, 6.07) is 20.4. The Labute approximate surface area is 237 Å². The van der Waals surface area contributed by atoms with Crippen molar-refractivity contribution in [2.75, 3.05) is 36.0 Å². The van der Waals surface area contributed by atoms with E-state index in [-0.39, 0.29) is 23.5 Å². The van der Waals surface area contributed by atoms with Crippen molar-refractivity contribution in [2.45, 2.75) is 32.0 Å². The van der Waals surface area contributed by atoms with E-state index in [0.717, 1.165) is 11.1 Å². The molecule has 1 aliphatic heterocycles. The lowest BCUT2D eigenvalue weighted by atomic mass is 9.88. The smallest absolute Gasteiger partial charge is 0.387 e. The molecular weight excluding hydrogens is 530 g/mol. The number of likely N-dealkylation sites (tertiary alicyclic amines) is 1. The number of amides is 2. The molecule has 0 aliphatic carbocycles. The third-order valence-corrected chi connectivity index (χ3v) is 6.70. The summed E-state index contributed by atoms with van der Waals surface area (Å²) in [5.74, 6) is -1.09. The largest absolute Gasteiger partial charge is 0.435 e. The van der Waals surface area contributed by atoms with Crippen LogP contribution in [-0.2, 0) is 9.59 Å². The van der Waals surface area contributed by atoms with Gasteiger partial charge in [-0.25, -0.2) is 0 Å². The molecule has 2 unspecified atom stereocenters. The number of alkyl halides is 2. The minimum Gasteiger partial charge on any atom is -0.435 e. The van der Waals surface area contributed by atoms with Crippen LogP contribution in [0.15, 0.2) is 78.9 Å². The second kappa shape index (κ2) is 12.9. The second-order valence-electron chi connectivity index (χ2n) is 10.7. The van der Waals surface area contributed by atoms with Gasteiger partial charge in [0.05, 0.1) is 22.9 Å². The topological polar surface area (TPSA) is 117 Å². The Bertz CT molecular complexity index is 1370. The Morgan fingerprint density at radius 1 is 1.05 bits per heavy atom. The van der Waals surface area contributed by atoms with E-state index < -0.39 is 18.1 Å². The van der Waals surface area contributed by atoms with Crippen LogP contribution in [0.2, 0.25) is 0 Å². The third-order valence-electron chi connectivity index (χ3n) is 6.70. The molecule has 2 atom stereocenters. The molecule has 1 fully saturated rings. The minimum atomic E-state index is -2.93. The molecule has 1 saturated heterocycles. The average molecular weight is 565 g/mol. The Hall–Kier alpha value is -4.28. The molecule has 3 aromatic rings. The van der Waals surface area contributed by atoms with Crippen LogP contribution in [0.3, 0.4) is 0 Å². The van der Waals surface area contributed by atoms with Crippen molar-refractivity contribution >= 4 is 35.0 Å². The van der Waals surface area contributed by atoms with Gasteiger partial charge in [0, 0.05) is 37.3 Å². The molecule has 0 radical (unpaired) electrons. The predicted octanol–water partition coefficient (Wildman–Crippen LogP) is 4.95. The molecule has 216 valence electrons. The molecule has 1 heterocycles. The molecule has 4 rings (SSSR count). The maximum atomic E-state index is 13.4. The minimum absolute atomic E-state index is 0.00362. The number of rotatable bonds is 10. The molecule has 0 saturated carbocycles. The van der Waals surface area contributed by atoms with E-state index in [9.17, 15) is 23.5 Å². The second-order valence-corrected chi connectivity index (χ2v) is 10.7. The van der Waals surface area contributed by atoms with E-state index in [4.69, 9.17) is 5.73 Å². The molecule has 0 bridgehead atoms. The van der Waals surface area contributed by atoms with Gasteiger partial charge in [-0.15, -0.1) is 0 Å². The fourth-order valence-corrected chi connectivity index (χ4v) is 4.93. The number of carbonyl (C=O) groups is 2. The van der Waals surface area contributed by atoms with Crippen LogP contribution in [0.1, 0.15) is 30.9 Å². The van der Waals surface area contributed by atoms with Crippen LogP contribution >= 0.6 is 0 Å². The maximum Gasteiger partial charge on any atom is 0.387 e. The number of nitrogen functional groups attached to an aromatic ring is 1. The zero-order valence-corrected chi connectivity index (χ0v) is 22.9. The fourth-order valence-electron chi connectivity index (χ4n) is 4.93. The van der Waals surface area contributed by atoms with Crippen molar-refractivity contribution in [1.82, 2.24) is 4.90 Å². The van der Waals surface area contributed by atoms with Crippen LogP contribution in [0.5, 0.6) is 5.75 Å². The number of halogens is 2. The molecule has 5 N–H and O–H groups in total. The van der Waals surface area contributed by atoms with E-state index >= 15 is 0 Å². The lowest BCUT2D eigenvalue weighted by Gasteiger charge is -2.25. The quantitative estimate of drug-likeness (QED) is 0.205. The van der Waals surface area contributed by atoms with Gasteiger partial charge >= 0.3 is 6.61 Å². The van der Waals surface area contributed by atoms with Crippen LogP contribution < -0.4 is 21.1 Å². The Morgan fingerprint density at radius 3 is 2.37 bits per heavy atom. The van der Waals surface area contributed by atoms with Gasteiger partial charge in [-0.2, -0.15) is 8.78 Å². The summed E-state index contributed by atoms with van der Waals surface area (Å²) in [4.78, 5) is 27.8. The van der Waals surface area contributed by atoms with Gasteiger partial charge in [0.15, 0.2) is 0 Å². The standard InChI is InChI=1S/C31H34F2N4O4/c1-31(2,40)19-37-17-24(25(18-37)29(39)35-22-12-14-23(15-13-22)41-30(32)33)21-10-7-20(8-11-21)9-16-28(38)36-27-6-4-3-5-26(27)34/h3-16,24-25,30,40H,17-19,34H2,1-2H3,(H,35,39)(H,36,38). The highest BCUT2D eigenvalue weighted by molar-refractivity contribution is 6.03. The summed E-state index contributed by atoms with van der Waals surface area (Å²) in [5, 5.41) is 16.0. The number of nitrogens with one attached hydrogen (secondary N) is 2. The van der Waals surface area contributed by atoms with E-state index in [0.29, 0.717) is 36.7 Å². The number of ether oxygens (including phenoxy) is 1. The molecule has 3 aromatic carbocycles. The zero-order valence-electron chi connectivity index (χ0n) is 22.9. The van der Waals surface area contributed by atoms with E-state index in [2.05, 4.69) is 20.3 Å². The lowest BCUT2D eigenvalue weighted by Crippen LogP contribution is -2.38. The number of nitrogens with two attached hydrogens (primary N) is 1. The van der Waals surface area contributed by atoms with Crippen molar-refractivity contribution < 1.29 is 28.2 Å². The molecule has 1 aliphatic rings. The fraction of sp³-hybridized carbons (Fsp3) is 0.290. The first kappa shape index (κ1) is 29.7. The summed E-state index contributed by atoms with van der Waals surface area (Å²) in [7, 11) is 0. The van der Waals surface area contributed by atoms with Gasteiger partial charge in [0.1, 0.15) is 5.75 Å². The highest BCUT2D eigenvalue weighted by Gasteiger charge is 2.39. The van der Waals surface area contributed by atoms with Crippen molar-refractivity contribution in [3.63, 3.8) is 0 Å². The summed E-state index contributed by atoms with van der Waals surface area (Å²) < 4.78 is 29.3. The highest BCUT2D eigenvalue weighted by atomic mass is 19.3. The number of aliphatic hydroxyl groups is 1. The van der Waals surface area contributed by atoms with Gasteiger partial charge in [0.2, 0.25) is 11.8 Å². The summed E-state index contributed by atoms with van der Waals surface area (Å²) >= 11 is 0. The Morgan fingerprint density at radius 2 is 1.73 bits per heavy atom. The number of hydrogen-bond acceptors (Lipinski definition) is 6. The first-order valence-corrected chi connectivity index (χ1v) is 13.2. The van der Waals surface area contributed by atoms with Gasteiger partial charge in [-0.1, -0.05) is 36.4 Å². The van der Waals surface area contributed by atoms with Crippen LogP contribution in [-0.4, -0.2) is 53.7 Å². The number of β-amino-alcohol motifs (C(OH)–C–C–N with tert-alkyl or cyclic N) is 1. The summed E-state index contributed by atoms with van der Waals surface area (Å²) in [6.07, 6.45) is 3.12. The van der Waals surface area contributed by atoms with Crippen LogP contribution in [0.4, 0.5) is 25.8 Å². The molecular formula is C31H34F2N4O4. The number of hydrogen-bond donors (Lipinski definition) is 4. The van der Waals surface area contributed by atoms with Crippen LogP contribution in [0.25, 0.3) is 6.08 Å². The summed E-state index contributed by atoms with van der Waals surface area (Å²) in [6.45, 7) is 1.93. The van der Waals surface area contributed by atoms with E-state index in [1.54, 1.807) is 44.2 Å². The Balaban J connectivity index is 1.45. The third kappa shape index (κ3) is 8.60. The first-order chi connectivity index (χ1) is 19.5. The lowest BCUT2D eigenvalue weighted by molar-refractivity contribution is -0.120. The van der Waals surface area contributed by atoms with Crippen molar-refractivity contribution in [3.8, 4) is 5.75 Å². The zero-order chi connectivity index (χ0) is 29.6. The highest BCUT2D eigenvalue weighted by Crippen LogP contribution is 2.35. The molecule has 0 spiro atoms. The number of nitrogens with zero attached hydrogens (tertiary/aromatic N) is 1. The maximum absolute atomic E-state index is 13.4. The average Bonchev–Trinajstić information content (AvgIpc) is 3.32. The van der Waals surface area contributed by atoms with E-state index in [1.165, 1.54) is 30.3 Å². The monoisotopic (exact) mass is 564 g/mol. The molecule has 2 amide bonds. The molecule has 41 heavy (non-hydrogen) atoms. The molecule has 8 nitrogen and oxygen atoms in total. The normalized spacial score (nSPS) is 17.6. The van der Waals surface area contributed by atoms with Crippen molar-refractivity contribution in [2.24, 2.45) is 5.92 Å². The van der Waals surface area contributed by atoms with Gasteiger partial charge in [0.25, 0.3) is 0 Å². The van der Waals surface area contributed by atoms with Crippen LogP contribution in [0, 0.1) is 5.92 Å². The predicted molar refractivity (Wildman–Crippen MR) is 156 cm³/mol. The van der Waals surface area contributed by atoms with Crippen molar-refractivity contribution in [1.29, 1.82) is 0 Å². The van der Waals surface area contributed by atoms with Gasteiger partial charge in [-0.3, -0.25) is 14.5 Å². The van der Waals surface area contributed by atoms with Gasteiger partial charge in [-0.05, 0) is 67.4 Å². The SMILES string of the molecule is CC(C)(O)CN1CC(C(=O)Nc2ccc(OC(F)F)cc2)C(c2ccc(C=CC(=O)Nc3ccccc3N)cc2)C1. The van der Waals surface area contributed by atoms with Gasteiger partial charge < -0.3 is 26.2 Å². The van der Waals surface area contributed by atoms with E-state index in [1.807, 2.05) is 24.3 Å². The summed E-state index contributed by atoms with van der Waals surface area (Å²) in [5.41, 5.74) is 8.18. The number of carbonyl (C=O) groups excluding carboxylic acids is 2.